The lowest BCUT2D eigenvalue weighted by atomic mass is 10.1. The van der Waals surface area contributed by atoms with Crippen LogP contribution in [0, 0.1) is 19.7 Å². The average molecular weight is 390 g/mol. The van der Waals surface area contributed by atoms with E-state index in [4.69, 9.17) is 0 Å². The number of fused-ring (bicyclic) bond motifs is 1. The second kappa shape index (κ2) is 7.28. The second-order valence-corrected chi connectivity index (χ2v) is 7.72. The summed E-state index contributed by atoms with van der Waals surface area (Å²) < 4.78 is 16.7. The molecule has 0 N–H and O–H groups in total. The molecule has 148 valence electrons. The molecule has 0 spiro atoms. The van der Waals surface area contributed by atoms with Gasteiger partial charge in [-0.15, -0.1) is 0 Å². The zero-order chi connectivity index (χ0) is 20.7. The molecule has 4 aromatic rings. The maximum absolute atomic E-state index is 13.6. The van der Waals surface area contributed by atoms with E-state index in [0.717, 1.165) is 22.3 Å². The van der Waals surface area contributed by atoms with E-state index in [1.54, 1.807) is 23.0 Å². The molecule has 0 unspecified atom stereocenters. The molecule has 0 amide bonds. The van der Waals surface area contributed by atoms with Crippen molar-refractivity contribution in [3.05, 3.63) is 87.2 Å². The Morgan fingerprint density at radius 3 is 2.55 bits per heavy atom. The van der Waals surface area contributed by atoms with Crippen molar-refractivity contribution in [2.75, 3.05) is 0 Å². The van der Waals surface area contributed by atoms with Gasteiger partial charge in [0.15, 0.2) is 0 Å². The molecule has 2 aromatic heterocycles. The Bertz CT molecular complexity index is 1270. The molecule has 0 bridgehead atoms. The number of hydrogen-bond donors (Lipinski definition) is 0. The van der Waals surface area contributed by atoms with Gasteiger partial charge in [0.05, 0.1) is 24.1 Å². The van der Waals surface area contributed by atoms with Crippen LogP contribution in [-0.2, 0) is 6.54 Å². The molecule has 0 aliphatic heterocycles. The Morgan fingerprint density at radius 2 is 1.86 bits per heavy atom. The van der Waals surface area contributed by atoms with Crippen molar-refractivity contribution in [3.8, 4) is 5.69 Å². The highest BCUT2D eigenvalue weighted by atomic mass is 19.1. The van der Waals surface area contributed by atoms with E-state index in [1.165, 1.54) is 22.4 Å². The third-order valence-corrected chi connectivity index (χ3v) is 5.21. The number of aryl methyl sites for hydroxylation is 2. The topological polar surface area (TPSA) is 52.7 Å². The Morgan fingerprint density at radius 1 is 1.07 bits per heavy atom. The van der Waals surface area contributed by atoms with Gasteiger partial charge in [-0.25, -0.2) is 13.8 Å². The molecule has 0 aliphatic rings. The molecule has 5 nitrogen and oxygen atoms in total. The van der Waals surface area contributed by atoms with Gasteiger partial charge in [0.1, 0.15) is 11.3 Å². The SMILES string of the molecule is Cc1ccc(-n2ncc3c(C(C)C)nn(Cc4cccc(F)c4)c(=O)c32)cc1C. The third-order valence-electron chi connectivity index (χ3n) is 5.21. The van der Waals surface area contributed by atoms with Gasteiger partial charge in [0.25, 0.3) is 5.56 Å². The minimum atomic E-state index is -0.333. The molecule has 0 radical (unpaired) electrons. The van der Waals surface area contributed by atoms with Crippen LogP contribution in [0.25, 0.3) is 16.6 Å². The maximum atomic E-state index is 13.6. The van der Waals surface area contributed by atoms with Gasteiger partial charge < -0.3 is 0 Å². The highest BCUT2D eigenvalue weighted by Crippen LogP contribution is 2.24. The summed E-state index contributed by atoms with van der Waals surface area (Å²) >= 11 is 0. The zero-order valence-electron chi connectivity index (χ0n) is 17.0. The van der Waals surface area contributed by atoms with E-state index in [2.05, 4.69) is 10.2 Å². The summed E-state index contributed by atoms with van der Waals surface area (Å²) in [6.45, 7) is 8.35. The van der Waals surface area contributed by atoms with Crippen molar-refractivity contribution >= 4 is 10.9 Å². The maximum Gasteiger partial charge on any atom is 0.293 e. The minimum absolute atomic E-state index is 0.106. The number of aromatic nitrogens is 4. The van der Waals surface area contributed by atoms with Crippen LogP contribution >= 0.6 is 0 Å². The van der Waals surface area contributed by atoms with Gasteiger partial charge in [-0.1, -0.05) is 32.0 Å². The van der Waals surface area contributed by atoms with E-state index in [-0.39, 0.29) is 23.8 Å². The molecule has 6 heteroatoms. The lowest BCUT2D eigenvalue weighted by Crippen LogP contribution is -2.27. The van der Waals surface area contributed by atoms with Crippen molar-refractivity contribution in [1.82, 2.24) is 19.6 Å². The number of benzene rings is 2. The average Bonchev–Trinajstić information content (AvgIpc) is 3.11. The van der Waals surface area contributed by atoms with Crippen LogP contribution in [0.4, 0.5) is 4.39 Å². The fourth-order valence-corrected chi connectivity index (χ4v) is 3.49. The van der Waals surface area contributed by atoms with E-state index in [1.807, 2.05) is 45.9 Å². The molecule has 0 atom stereocenters. The summed E-state index contributed by atoms with van der Waals surface area (Å²) in [5.74, 6) is -0.227. The number of hydrogen-bond acceptors (Lipinski definition) is 3. The Kier molecular flexibility index (Phi) is 4.78. The van der Waals surface area contributed by atoms with Crippen LogP contribution in [0.2, 0.25) is 0 Å². The van der Waals surface area contributed by atoms with Crippen LogP contribution in [0.5, 0.6) is 0 Å². The molecule has 2 aromatic carbocycles. The molecule has 2 heterocycles. The zero-order valence-corrected chi connectivity index (χ0v) is 17.0. The molecule has 0 aliphatic carbocycles. The van der Waals surface area contributed by atoms with Gasteiger partial charge in [0, 0.05) is 5.39 Å². The molecule has 0 saturated carbocycles. The number of rotatable bonds is 4. The van der Waals surface area contributed by atoms with Gasteiger partial charge in [-0.2, -0.15) is 10.2 Å². The summed E-state index contributed by atoms with van der Waals surface area (Å²) in [7, 11) is 0. The normalized spacial score (nSPS) is 11.5. The molecule has 29 heavy (non-hydrogen) atoms. The first-order chi connectivity index (χ1) is 13.8. The van der Waals surface area contributed by atoms with Crippen LogP contribution in [-0.4, -0.2) is 19.6 Å². The van der Waals surface area contributed by atoms with E-state index >= 15 is 0 Å². The van der Waals surface area contributed by atoms with Crippen molar-refractivity contribution in [3.63, 3.8) is 0 Å². The summed E-state index contributed by atoms with van der Waals surface area (Å²) in [6.07, 6.45) is 1.71. The predicted octanol–water partition coefficient (Wildman–Crippen LogP) is 4.51. The lowest BCUT2D eigenvalue weighted by Gasteiger charge is -2.13. The highest BCUT2D eigenvalue weighted by Gasteiger charge is 2.19. The van der Waals surface area contributed by atoms with Crippen molar-refractivity contribution in [2.45, 2.75) is 40.2 Å². The standard InChI is InChI=1S/C23H23FN4O/c1-14(2)21-20-12-25-28(19-9-8-15(3)16(4)10-19)22(20)23(29)27(26-21)13-17-6-5-7-18(24)11-17/h5-12,14H,13H2,1-4H3. The fraction of sp³-hybridized carbons (Fsp3) is 0.261. The molecule has 0 saturated heterocycles. The summed E-state index contributed by atoms with van der Waals surface area (Å²) in [6, 6.07) is 12.2. The first-order valence-corrected chi connectivity index (χ1v) is 9.66. The second-order valence-electron chi connectivity index (χ2n) is 7.72. The van der Waals surface area contributed by atoms with Crippen LogP contribution in [0.3, 0.4) is 0 Å². The lowest BCUT2D eigenvalue weighted by molar-refractivity contribution is 0.599. The summed E-state index contributed by atoms with van der Waals surface area (Å²) in [5.41, 5.74) is 4.87. The molecule has 0 fully saturated rings. The first-order valence-electron chi connectivity index (χ1n) is 9.66. The molecular weight excluding hydrogens is 367 g/mol. The van der Waals surface area contributed by atoms with Gasteiger partial charge in [0.2, 0.25) is 0 Å². The first kappa shape index (κ1) is 19.1. The Hall–Kier alpha value is -3.28. The van der Waals surface area contributed by atoms with Gasteiger partial charge in [-0.3, -0.25) is 4.79 Å². The minimum Gasteiger partial charge on any atom is -0.265 e. The quantitative estimate of drug-likeness (QED) is 0.515. The van der Waals surface area contributed by atoms with E-state index < -0.39 is 0 Å². The number of halogens is 1. The fourth-order valence-electron chi connectivity index (χ4n) is 3.49. The largest absolute Gasteiger partial charge is 0.293 e. The number of nitrogens with zero attached hydrogens (tertiary/aromatic N) is 4. The molecule has 4 rings (SSSR count). The smallest absolute Gasteiger partial charge is 0.265 e. The Balaban J connectivity index is 1.95. The van der Waals surface area contributed by atoms with E-state index in [0.29, 0.717) is 11.1 Å². The Labute approximate surface area is 168 Å². The summed E-state index contributed by atoms with van der Waals surface area (Å²) in [5, 5.41) is 9.85. The van der Waals surface area contributed by atoms with Crippen LogP contribution < -0.4 is 5.56 Å². The van der Waals surface area contributed by atoms with Crippen LogP contribution in [0.15, 0.2) is 53.5 Å². The van der Waals surface area contributed by atoms with Crippen molar-refractivity contribution < 1.29 is 4.39 Å². The van der Waals surface area contributed by atoms with E-state index in [9.17, 15) is 9.18 Å². The van der Waals surface area contributed by atoms with Crippen molar-refractivity contribution in [1.29, 1.82) is 0 Å². The summed E-state index contributed by atoms with van der Waals surface area (Å²) in [4.78, 5) is 13.3. The molecular formula is C23H23FN4O. The third kappa shape index (κ3) is 3.46. The van der Waals surface area contributed by atoms with Crippen LogP contribution in [0.1, 0.15) is 42.1 Å². The van der Waals surface area contributed by atoms with Gasteiger partial charge >= 0.3 is 0 Å². The highest BCUT2D eigenvalue weighted by molar-refractivity contribution is 5.82. The monoisotopic (exact) mass is 390 g/mol. The van der Waals surface area contributed by atoms with Crippen molar-refractivity contribution in [2.24, 2.45) is 0 Å². The predicted molar refractivity (Wildman–Crippen MR) is 112 cm³/mol. The van der Waals surface area contributed by atoms with Gasteiger partial charge in [-0.05, 0) is 60.7 Å².